The molecule has 10 heteroatoms. The zero-order valence-electron chi connectivity index (χ0n) is 24.7. The van der Waals surface area contributed by atoms with Crippen molar-refractivity contribution < 1.29 is 23.8 Å². The molecule has 224 valence electrons. The number of ether oxygens (including phenoxy) is 3. The number of rotatable bonds is 13. The van der Waals surface area contributed by atoms with Crippen molar-refractivity contribution in [1.82, 2.24) is 5.32 Å². The van der Waals surface area contributed by atoms with E-state index in [9.17, 15) is 9.59 Å². The number of carbonyl (C=O) groups is 2. The summed E-state index contributed by atoms with van der Waals surface area (Å²) in [5.74, 6) is 1.39. The highest BCUT2D eigenvalue weighted by Crippen LogP contribution is 2.31. The first-order valence-electron chi connectivity index (χ1n) is 14.5. The normalized spacial score (nSPS) is 12.9. The van der Waals surface area contributed by atoms with Gasteiger partial charge in [0, 0.05) is 63.0 Å². The summed E-state index contributed by atoms with van der Waals surface area (Å²) in [6.07, 6.45) is 0.717. The van der Waals surface area contributed by atoms with Crippen molar-refractivity contribution in [1.29, 1.82) is 0 Å². The Kier molecular flexibility index (Phi) is 11.3. The van der Waals surface area contributed by atoms with Crippen molar-refractivity contribution in [2.45, 2.75) is 20.3 Å². The van der Waals surface area contributed by atoms with Gasteiger partial charge in [-0.05, 0) is 74.9 Å². The van der Waals surface area contributed by atoms with Crippen LogP contribution in [0.5, 0.6) is 11.5 Å². The summed E-state index contributed by atoms with van der Waals surface area (Å²) in [7, 11) is 1.68. The topological polar surface area (TPSA) is 104 Å². The van der Waals surface area contributed by atoms with Crippen molar-refractivity contribution in [3.05, 3.63) is 72.3 Å². The first-order chi connectivity index (χ1) is 20.5. The van der Waals surface area contributed by atoms with Gasteiger partial charge in [-0.15, -0.1) is 0 Å². The van der Waals surface area contributed by atoms with Gasteiger partial charge in [0.05, 0.1) is 25.0 Å². The van der Waals surface area contributed by atoms with Crippen LogP contribution in [0.2, 0.25) is 0 Å². The molecule has 1 aliphatic heterocycles. The predicted octanol–water partition coefficient (Wildman–Crippen LogP) is 5.22. The highest BCUT2D eigenvalue weighted by molar-refractivity contribution is 6.04. The van der Waals surface area contributed by atoms with Gasteiger partial charge in [-0.25, -0.2) is 4.79 Å². The van der Waals surface area contributed by atoms with Gasteiger partial charge in [-0.1, -0.05) is 12.1 Å². The third-order valence-electron chi connectivity index (χ3n) is 6.92. The second-order valence-electron chi connectivity index (χ2n) is 9.72. The Labute approximate surface area is 247 Å². The summed E-state index contributed by atoms with van der Waals surface area (Å²) in [4.78, 5) is 30.6. The van der Waals surface area contributed by atoms with Gasteiger partial charge in [0.2, 0.25) is 0 Å². The number of benzene rings is 3. The molecule has 1 fully saturated rings. The Bertz CT molecular complexity index is 1310. The van der Waals surface area contributed by atoms with Crippen LogP contribution in [0.15, 0.2) is 66.7 Å². The number of para-hydroxylation sites is 2. The Morgan fingerprint density at radius 1 is 0.810 bits per heavy atom. The van der Waals surface area contributed by atoms with E-state index in [1.54, 1.807) is 37.4 Å². The van der Waals surface area contributed by atoms with E-state index in [1.165, 1.54) is 0 Å². The van der Waals surface area contributed by atoms with Gasteiger partial charge in [-0.3, -0.25) is 4.79 Å². The van der Waals surface area contributed by atoms with Crippen LogP contribution < -0.4 is 35.2 Å². The number of nitrogens with one attached hydrogen (secondary N) is 3. The Hall–Kier alpha value is -4.44. The molecule has 1 saturated heterocycles. The van der Waals surface area contributed by atoms with Crippen molar-refractivity contribution in [3.8, 4) is 11.5 Å². The molecule has 3 aromatic carbocycles. The number of nitrogens with zero attached hydrogens (tertiary/aromatic N) is 2. The average Bonchev–Trinajstić information content (AvgIpc) is 3.02. The van der Waals surface area contributed by atoms with E-state index >= 15 is 0 Å². The molecule has 0 bridgehead atoms. The molecule has 0 atom stereocenters. The molecule has 0 unspecified atom stereocenters. The van der Waals surface area contributed by atoms with Crippen LogP contribution >= 0.6 is 0 Å². The van der Waals surface area contributed by atoms with Crippen LogP contribution in [0.1, 0.15) is 30.6 Å². The van der Waals surface area contributed by atoms with E-state index in [4.69, 9.17) is 14.2 Å². The van der Waals surface area contributed by atoms with E-state index in [-0.39, 0.29) is 5.91 Å². The average molecular weight is 576 g/mol. The van der Waals surface area contributed by atoms with Gasteiger partial charge in [0.1, 0.15) is 11.5 Å². The molecule has 0 spiro atoms. The third kappa shape index (κ3) is 8.29. The SMILES string of the molecule is CCOCCCNC(=O)c1cc(NC(=O)Nc2ccc(OCC)cc2)ccc1N1CCN(c2ccccc2OC)CC1. The van der Waals surface area contributed by atoms with Crippen LogP contribution in [0.3, 0.4) is 0 Å². The lowest BCUT2D eigenvalue weighted by Gasteiger charge is -2.38. The summed E-state index contributed by atoms with van der Waals surface area (Å²) in [5, 5.41) is 8.69. The highest BCUT2D eigenvalue weighted by Gasteiger charge is 2.24. The van der Waals surface area contributed by atoms with Crippen LogP contribution in [-0.2, 0) is 4.74 Å². The van der Waals surface area contributed by atoms with E-state index in [1.807, 2.05) is 44.2 Å². The quantitative estimate of drug-likeness (QED) is 0.240. The highest BCUT2D eigenvalue weighted by atomic mass is 16.5. The van der Waals surface area contributed by atoms with Crippen LogP contribution in [0.4, 0.5) is 27.5 Å². The second kappa shape index (κ2) is 15.5. The molecule has 10 nitrogen and oxygen atoms in total. The largest absolute Gasteiger partial charge is 0.495 e. The summed E-state index contributed by atoms with van der Waals surface area (Å²) >= 11 is 0. The number of hydrogen-bond acceptors (Lipinski definition) is 7. The minimum Gasteiger partial charge on any atom is -0.495 e. The minimum absolute atomic E-state index is 0.191. The number of carbonyl (C=O) groups excluding carboxylic acids is 2. The molecule has 1 heterocycles. The number of anilines is 4. The lowest BCUT2D eigenvalue weighted by molar-refractivity contribution is 0.0944. The molecular weight excluding hydrogens is 534 g/mol. The monoisotopic (exact) mass is 575 g/mol. The van der Waals surface area contributed by atoms with Crippen molar-refractivity contribution in [3.63, 3.8) is 0 Å². The number of piperazine rings is 1. The molecule has 3 amide bonds. The van der Waals surface area contributed by atoms with Crippen LogP contribution in [0, 0.1) is 0 Å². The molecule has 3 N–H and O–H groups in total. The fraction of sp³-hybridized carbons (Fsp3) is 0.375. The fourth-order valence-corrected chi connectivity index (χ4v) is 4.86. The van der Waals surface area contributed by atoms with Crippen molar-refractivity contribution in [2.75, 3.05) is 80.1 Å². The van der Waals surface area contributed by atoms with Gasteiger partial charge in [0.25, 0.3) is 5.91 Å². The molecule has 0 aromatic heterocycles. The zero-order chi connectivity index (χ0) is 29.7. The van der Waals surface area contributed by atoms with Crippen LogP contribution in [0.25, 0.3) is 0 Å². The van der Waals surface area contributed by atoms with Crippen molar-refractivity contribution in [2.24, 2.45) is 0 Å². The first kappa shape index (κ1) is 30.5. The summed E-state index contributed by atoms with van der Waals surface area (Å²) in [5.41, 5.74) is 3.55. The lowest BCUT2D eigenvalue weighted by atomic mass is 10.1. The maximum Gasteiger partial charge on any atom is 0.323 e. The zero-order valence-corrected chi connectivity index (χ0v) is 24.7. The summed E-state index contributed by atoms with van der Waals surface area (Å²) < 4.78 is 16.4. The van der Waals surface area contributed by atoms with Crippen LogP contribution in [-0.4, -0.2) is 71.6 Å². The minimum atomic E-state index is -0.402. The number of methoxy groups -OCH3 is 1. The molecule has 0 radical (unpaired) electrons. The molecule has 42 heavy (non-hydrogen) atoms. The Morgan fingerprint density at radius 2 is 1.48 bits per heavy atom. The molecular formula is C32H41N5O5. The Morgan fingerprint density at radius 3 is 2.17 bits per heavy atom. The lowest BCUT2D eigenvalue weighted by Crippen LogP contribution is -2.47. The smallest absolute Gasteiger partial charge is 0.323 e. The second-order valence-corrected chi connectivity index (χ2v) is 9.72. The van der Waals surface area contributed by atoms with Gasteiger partial charge in [0.15, 0.2) is 0 Å². The van der Waals surface area contributed by atoms with E-state index in [0.29, 0.717) is 43.3 Å². The number of amides is 3. The Balaban J connectivity index is 1.46. The van der Waals surface area contributed by atoms with E-state index < -0.39 is 6.03 Å². The summed E-state index contributed by atoms with van der Waals surface area (Å²) in [6, 6.07) is 20.2. The number of urea groups is 1. The molecule has 4 rings (SSSR count). The summed E-state index contributed by atoms with van der Waals surface area (Å²) in [6.45, 7) is 9.18. The molecule has 3 aromatic rings. The van der Waals surface area contributed by atoms with Crippen molar-refractivity contribution >= 4 is 34.7 Å². The van der Waals surface area contributed by atoms with Gasteiger partial charge >= 0.3 is 6.03 Å². The van der Waals surface area contributed by atoms with E-state index in [2.05, 4.69) is 31.8 Å². The van der Waals surface area contributed by atoms with Gasteiger partial charge < -0.3 is 40.0 Å². The fourth-order valence-electron chi connectivity index (χ4n) is 4.86. The first-order valence-corrected chi connectivity index (χ1v) is 14.5. The standard InChI is InChI=1S/C32H41N5O5/c1-4-41-22-8-17-33-31(38)27-23-25(35-32(39)34-24-11-14-26(15-12-24)42-5-2)13-16-28(27)36-18-20-37(21-19-36)29-9-6-7-10-30(29)40-3/h6-7,9-16,23H,4-5,8,17-22H2,1-3H3,(H,33,38)(H2,34,35,39). The third-order valence-corrected chi connectivity index (χ3v) is 6.92. The predicted molar refractivity (Wildman–Crippen MR) is 168 cm³/mol. The van der Waals surface area contributed by atoms with Gasteiger partial charge in [-0.2, -0.15) is 0 Å². The maximum absolute atomic E-state index is 13.4. The molecule has 0 saturated carbocycles. The maximum atomic E-state index is 13.4. The van der Waals surface area contributed by atoms with E-state index in [0.717, 1.165) is 55.5 Å². The molecule has 0 aliphatic carbocycles. The molecule has 1 aliphatic rings. The number of hydrogen-bond donors (Lipinski definition) is 3.